The Morgan fingerprint density at radius 2 is 2.06 bits per heavy atom. The van der Waals surface area contributed by atoms with Crippen molar-refractivity contribution in [2.45, 2.75) is 32.4 Å². The minimum Gasteiger partial charge on any atom is -0.399 e. The van der Waals surface area contributed by atoms with Crippen LogP contribution in [0.2, 0.25) is 0 Å². The predicted molar refractivity (Wildman–Crippen MR) is 70.9 cm³/mol. The number of nitrogen functional groups attached to an aromatic ring is 1. The molecule has 0 aliphatic carbocycles. The quantitative estimate of drug-likeness (QED) is 0.799. The highest BCUT2D eigenvalue weighted by Crippen LogP contribution is 2.23. The molecule has 94 valence electrons. The fraction of sp³-hybridized carbons (Fsp3) is 0.571. The van der Waals surface area contributed by atoms with Crippen molar-refractivity contribution in [1.82, 2.24) is 4.90 Å². The molecule has 1 saturated heterocycles. The van der Waals surface area contributed by atoms with Gasteiger partial charge in [-0.1, -0.05) is 12.1 Å². The zero-order valence-electron chi connectivity index (χ0n) is 10.7. The van der Waals surface area contributed by atoms with Crippen molar-refractivity contribution >= 4 is 5.69 Å². The fourth-order valence-corrected chi connectivity index (χ4v) is 2.36. The molecule has 0 spiro atoms. The van der Waals surface area contributed by atoms with Gasteiger partial charge in [-0.25, -0.2) is 0 Å². The molecule has 2 unspecified atom stereocenters. The molecule has 3 nitrogen and oxygen atoms in total. The van der Waals surface area contributed by atoms with Gasteiger partial charge in [-0.15, -0.1) is 0 Å². The third-order valence-electron chi connectivity index (χ3n) is 3.45. The van der Waals surface area contributed by atoms with E-state index in [-0.39, 0.29) is 0 Å². The molecule has 17 heavy (non-hydrogen) atoms. The molecule has 2 N–H and O–H groups in total. The van der Waals surface area contributed by atoms with Crippen LogP contribution in [0.15, 0.2) is 24.3 Å². The molecule has 1 aliphatic heterocycles. The highest BCUT2D eigenvalue weighted by Gasteiger charge is 2.20. The monoisotopic (exact) mass is 234 g/mol. The summed E-state index contributed by atoms with van der Waals surface area (Å²) in [4.78, 5) is 2.49. The summed E-state index contributed by atoms with van der Waals surface area (Å²) >= 11 is 0. The SMILES string of the molecule is CC1CN(C(C)c2ccc(N)cc2)CCCO1. The lowest BCUT2D eigenvalue weighted by Gasteiger charge is -2.29. The first-order chi connectivity index (χ1) is 8.16. The van der Waals surface area contributed by atoms with Crippen LogP contribution in [0.4, 0.5) is 5.69 Å². The number of benzene rings is 1. The Kier molecular flexibility index (Phi) is 4.02. The summed E-state index contributed by atoms with van der Waals surface area (Å²) in [6.07, 6.45) is 1.44. The number of ether oxygens (including phenoxy) is 1. The Morgan fingerprint density at radius 3 is 2.76 bits per heavy atom. The van der Waals surface area contributed by atoms with Gasteiger partial charge in [-0.3, -0.25) is 4.90 Å². The second kappa shape index (κ2) is 5.52. The molecule has 2 atom stereocenters. The Bertz CT molecular complexity index is 350. The Morgan fingerprint density at radius 1 is 1.35 bits per heavy atom. The van der Waals surface area contributed by atoms with E-state index < -0.39 is 0 Å². The second-order valence-corrected chi connectivity index (χ2v) is 4.87. The van der Waals surface area contributed by atoms with E-state index in [1.165, 1.54) is 5.56 Å². The number of hydrogen-bond acceptors (Lipinski definition) is 3. The van der Waals surface area contributed by atoms with Crippen molar-refractivity contribution in [3.05, 3.63) is 29.8 Å². The van der Waals surface area contributed by atoms with Crippen LogP contribution < -0.4 is 5.73 Å². The molecule has 1 fully saturated rings. The largest absolute Gasteiger partial charge is 0.399 e. The van der Waals surface area contributed by atoms with E-state index in [1.807, 2.05) is 12.1 Å². The molecule has 1 aromatic carbocycles. The van der Waals surface area contributed by atoms with Gasteiger partial charge >= 0.3 is 0 Å². The predicted octanol–water partition coefficient (Wildman–Crippen LogP) is 2.44. The molecule has 2 rings (SSSR count). The van der Waals surface area contributed by atoms with E-state index in [0.717, 1.165) is 31.8 Å². The number of nitrogens with zero attached hydrogens (tertiary/aromatic N) is 1. The third kappa shape index (κ3) is 3.20. The van der Waals surface area contributed by atoms with E-state index in [4.69, 9.17) is 10.5 Å². The maximum absolute atomic E-state index is 5.72. The summed E-state index contributed by atoms with van der Waals surface area (Å²) in [6, 6.07) is 8.62. The molecule has 3 heteroatoms. The fourth-order valence-electron chi connectivity index (χ4n) is 2.36. The highest BCUT2D eigenvalue weighted by atomic mass is 16.5. The number of anilines is 1. The number of hydrogen-bond donors (Lipinski definition) is 1. The summed E-state index contributed by atoms with van der Waals surface area (Å²) in [5, 5.41) is 0. The number of rotatable bonds is 2. The Labute approximate surface area is 104 Å². The molecule has 1 aromatic rings. The first-order valence-corrected chi connectivity index (χ1v) is 6.38. The maximum Gasteiger partial charge on any atom is 0.0674 e. The molecule has 0 radical (unpaired) electrons. The van der Waals surface area contributed by atoms with Gasteiger partial charge in [0.25, 0.3) is 0 Å². The number of nitrogens with two attached hydrogens (primary N) is 1. The molecule has 0 amide bonds. The van der Waals surface area contributed by atoms with E-state index in [9.17, 15) is 0 Å². The van der Waals surface area contributed by atoms with Crippen LogP contribution in [-0.2, 0) is 4.74 Å². The summed E-state index contributed by atoms with van der Waals surface area (Å²) in [6.45, 7) is 7.39. The van der Waals surface area contributed by atoms with Crippen molar-refractivity contribution in [3.63, 3.8) is 0 Å². The zero-order valence-corrected chi connectivity index (χ0v) is 10.7. The van der Waals surface area contributed by atoms with Crippen molar-refractivity contribution in [2.75, 3.05) is 25.4 Å². The smallest absolute Gasteiger partial charge is 0.0674 e. The standard InChI is InChI=1S/C14H22N2O/c1-11-10-16(8-3-9-17-11)12(2)13-4-6-14(15)7-5-13/h4-7,11-12H,3,8-10,15H2,1-2H3. The lowest BCUT2D eigenvalue weighted by molar-refractivity contribution is 0.0620. The van der Waals surface area contributed by atoms with E-state index in [1.54, 1.807) is 0 Å². The first-order valence-electron chi connectivity index (χ1n) is 6.38. The Balaban J connectivity index is 2.07. The summed E-state index contributed by atoms with van der Waals surface area (Å²) in [7, 11) is 0. The van der Waals surface area contributed by atoms with Gasteiger partial charge in [0.2, 0.25) is 0 Å². The first kappa shape index (κ1) is 12.4. The third-order valence-corrected chi connectivity index (χ3v) is 3.45. The van der Waals surface area contributed by atoms with E-state index in [2.05, 4.69) is 30.9 Å². The van der Waals surface area contributed by atoms with Gasteiger partial charge in [0.1, 0.15) is 0 Å². The normalized spacial score (nSPS) is 24.2. The van der Waals surface area contributed by atoms with Gasteiger partial charge in [0.05, 0.1) is 6.10 Å². The summed E-state index contributed by atoms with van der Waals surface area (Å²) in [5.41, 5.74) is 7.87. The molecule has 1 aliphatic rings. The molecule has 0 bridgehead atoms. The average molecular weight is 234 g/mol. The lowest BCUT2D eigenvalue weighted by Crippen LogP contribution is -2.32. The van der Waals surface area contributed by atoms with Crippen molar-refractivity contribution < 1.29 is 4.74 Å². The van der Waals surface area contributed by atoms with Crippen molar-refractivity contribution in [2.24, 2.45) is 0 Å². The summed E-state index contributed by atoms with van der Waals surface area (Å²) < 4.78 is 5.68. The van der Waals surface area contributed by atoms with Crippen LogP contribution in [0.1, 0.15) is 31.9 Å². The van der Waals surface area contributed by atoms with Gasteiger partial charge in [0, 0.05) is 31.4 Å². The second-order valence-electron chi connectivity index (χ2n) is 4.87. The van der Waals surface area contributed by atoms with Crippen molar-refractivity contribution in [3.8, 4) is 0 Å². The summed E-state index contributed by atoms with van der Waals surface area (Å²) in [5.74, 6) is 0. The molecule has 1 heterocycles. The molecular weight excluding hydrogens is 212 g/mol. The zero-order chi connectivity index (χ0) is 12.3. The molecule has 0 saturated carbocycles. The van der Waals surface area contributed by atoms with Crippen LogP contribution in [0, 0.1) is 0 Å². The molecular formula is C14H22N2O. The minimum atomic E-state index is 0.328. The van der Waals surface area contributed by atoms with Crippen LogP contribution >= 0.6 is 0 Å². The van der Waals surface area contributed by atoms with Gasteiger partial charge in [-0.2, -0.15) is 0 Å². The van der Waals surface area contributed by atoms with Gasteiger partial charge in [0.15, 0.2) is 0 Å². The van der Waals surface area contributed by atoms with Crippen LogP contribution in [-0.4, -0.2) is 30.7 Å². The highest BCUT2D eigenvalue weighted by molar-refractivity contribution is 5.40. The Hall–Kier alpha value is -1.06. The topological polar surface area (TPSA) is 38.5 Å². The minimum absolute atomic E-state index is 0.328. The lowest BCUT2D eigenvalue weighted by atomic mass is 10.1. The van der Waals surface area contributed by atoms with Crippen LogP contribution in [0.3, 0.4) is 0 Å². The van der Waals surface area contributed by atoms with Crippen LogP contribution in [0.5, 0.6) is 0 Å². The average Bonchev–Trinajstić information content (AvgIpc) is 2.54. The molecule has 0 aromatic heterocycles. The van der Waals surface area contributed by atoms with Gasteiger partial charge < -0.3 is 10.5 Å². The van der Waals surface area contributed by atoms with E-state index in [0.29, 0.717) is 12.1 Å². The maximum atomic E-state index is 5.72. The van der Waals surface area contributed by atoms with Gasteiger partial charge in [-0.05, 0) is 38.0 Å². The van der Waals surface area contributed by atoms with Crippen LogP contribution in [0.25, 0.3) is 0 Å². The van der Waals surface area contributed by atoms with E-state index >= 15 is 0 Å². The van der Waals surface area contributed by atoms with Crippen molar-refractivity contribution in [1.29, 1.82) is 0 Å².